The SMILES string of the molecule is c1cc(-c2nc(-c3ccc4c(c3)NCCO4)cs2)ccn1. The average molecular weight is 295 g/mol. The Morgan fingerprint density at radius 1 is 1.10 bits per heavy atom. The van der Waals surface area contributed by atoms with E-state index in [1.54, 1.807) is 23.7 Å². The normalized spacial score (nSPS) is 13.1. The fourth-order valence-electron chi connectivity index (χ4n) is 2.33. The van der Waals surface area contributed by atoms with Crippen molar-refractivity contribution >= 4 is 17.0 Å². The Hall–Kier alpha value is -2.40. The summed E-state index contributed by atoms with van der Waals surface area (Å²) in [4.78, 5) is 8.76. The second-order valence-corrected chi connectivity index (χ2v) is 5.62. The van der Waals surface area contributed by atoms with Crippen LogP contribution in [0.4, 0.5) is 5.69 Å². The molecule has 1 aliphatic heterocycles. The maximum atomic E-state index is 5.60. The average Bonchev–Trinajstić information content (AvgIpc) is 3.05. The van der Waals surface area contributed by atoms with Crippen LogP contribution in [0.1, 0.15) is 0 Å². The van der Waals surface area contributed by atoms with E-state index in [-0.39, 0.29) is 0 Å². The van der Waals surface area contributed by atoms with Crippen LogP contribution in [0.5, 0.6) is 5.75 Å². The van der Waals surface area contributed by atoms with Gasteiger partial charge >= 0.3 is 0 Å². The molecule has 1 aromatic carbocycles. The van der Waals surface area contributed by atoms with Crippen molar-refractivity contribution in [1.29, 1.82) is 0 Å². The minimum absolute atomic E-state index is 0.717. The lowest BCUT2D eigenvalue weighted by Crippen LogP contribution is -2.17. The molecule has 0 saturated heterocycles. The zero-order chi connectivity index (χ0) is 14.1. The molecule has 0 fully saturated rings. The smallest absolute Gasteiger partial charge is 0.142 e. The van der Waals surface area contributed by atoms with Gasteiger partial charge in [0, 0.05) is 35.4 Å². The summed E-state index contributed by atoms with van der Waals surface area (Å²) in [6.07, 6.45) is 3.58. The lowest BCUT2D eigenvalue weighted by molar-refractivity contribution is 0.323. The topological polar surface area (TPSA) is 47.0 Å². The molecule has 0 saturated carbocycles. The maximum Gasteiger partial charge on any atom is 0.142 e. The molecule has 21 heavy (non-hydrogen) atoms. The van der Waals surface area contributed by atoms with Gasteiger partial charge in [-0.2, -0.15) is 0 Å². The van der Waals surface area contributed by atoms with Crippen LogP contribution in [-0.2, 0) is 0 Å². The molecule has 0 aliphatic carbocycles. The number of ether oxygens (including phenoxy) is 1. The van der Waals surface area contributed by atoms with Crippen molar-refractivity contribution in [3.63, 3.8) is 0 Å². The second-order valence-electron chi connectivity index (χ2n) is 4.76. The van der Waals surface area contributed by atoms with Gasteiger partial charge in [0.15, 0.2) is 0 Å². The van der Waals surface area contributed by atoms with E-state index in [1.807, 2.05) is 18.2 Å². The Morgan fingerprint density at radius 3 is 2.90 bits per heavy atom. The molecule has 0 atom stereocenters. The summed E-state index contributed by atoms with van der Waals surface area (Å²) in [6.45, 7) is 1.56. The van der Waals surface area contributed by atoms with Gasteiger partial charge in [-0.05, 0) is 30.3 Å². The summed E-state index contributed by atoms with van der Waals surface area (Å²) < 4.78 is 5.60. The Balaban J connectivity index is 1.70. The third-order valence-electron chi connectivity index (χ3n) is 3.38. The van der Waals surface area contributed by atoms with Gasteiger partial charge in [-0.25, -0.2) is 4.98 Å². The molecule has 4 rings (SSSR count). The van der Waals surface area contributed by atoms with Crippen molar-refractivity contribution in [2.24, 2.45) is 0 Å². The number of nitrogens with one attached hydrogen (secondary N) is 1. The van der Waals surface area contributed by atoms with Crippen LogP contribution in [-0.4, -0.2) is 23.1 Å². The summed E-state index contributed by atoms with van der Waals surface area (Å²) in [5.74, 6) is 0.912. The molecule has 4 nitrogen and oxygen atoms in total. The van der Waals surface area contributed by atoms with Crippen LogP contribution in [0.2, 0.25) is 0 Å². The Labute approximate surface area is 126 Å². The number of pyridine rings is 1. The molecule has 1 N–H and O–H groups in total. The second kappa shape index (κ2) is 5.18. The van der Waals surface area contributed by atoms with Gasteiger partial charge in [0.2, 0.25) is 0 Å². The first-order valence-corrected chi connectivity index (χ1v) is 7.65. The van der Waals surface area contributed by atoms with Gasteiger partial charge < -0.3 is 10.1 Å². The molecular formula is C16H13N3OS. The third-order valence-corrected chi connectivity index (χ3v) is 4.27. The summed E-state index contributed by atoms with van der Waals surface area (Å²) >= 11 is 1.64. The number of rotatable bonds is 2. The Morgan fingerprint density at radius 2 is 2.00 bits per heavy atom. The minimum Gasteiger partial charge on any atom is -0.490 e. The number of benzene rings is 1. The van der Waals surface area contributed by atoms with Crippen LogP contribution < -0.4 is 10.1 Å². The largest absolute Gasteiger partial charge is 0.490 e. The van der Waals surface area contributed by atoms with Crippen LogP contribution >= 0.6 is 11.3 Å². The first-order chi connectivity index (χ1) is 10.4. The van der Waals surface area contributed by atoms with Gasteiger partial charge in [-0.1, -0.05) is 0 Å². The molecule has 5 heteroatoms. The number of nitrogens with zero attached hydrogens (tertiary/aromatic N) is 2. The lowest BCUT2D eigenvalue weighted by Gasteiger charge is -2.19. The summed E-state index contributed by atoms with van der Waals surface area (Å²) in [5, 5.41) is 6.45. The lowest BCUT2D eigenvalue weighted by atomic mass is 10.1. The third kappa shape index (κ3) is 2.36. The van der Waals surface area contributed by atoms with Gasteiger partial charge in [0.1, 0.15) is 17.4 Å². The molecule has 0 spiro atoms. The van der Waals surface area contributed by atoms with E-state index in [2.05, 4.69) is 27.8 Å². The van der Waals surface area contributed by atoms with E-state index in [0.29, 0.717) is 0 Å². The highest BCUT2D eigenvalue weighted by Gasteiger charge is 2.12. The molecular weight excluding hydrogens is 282 g/mol. The Kier molecular flexibility index (Phi) is 3.05. The first kappa shape index (κ1) is 12.3. The highest BCUT2D eigenvalue weighted by molar-refractivity contribution is 7.13. The number of thiazole rings is 1. The van der Waals surface area contributed by atoms with E-state index >= 15 is 0 Å². The fourth-order valence-corrected chi connectivity index (χ4v) is 3.17. The monoisotopic (exact) mass is 295 g/mol. The van der Waals surface area contributed by atoms with Crippen molar-refractivity contribution in [3.8, 4) is 27.6 Å². The van der Waals surface area contributed by atoms with Crippen LogP contribution in [0, 0.1) is 0 Å². The molecule has 104 valence electrons. The van der Waals surface area contributed by atoms with Gasteiger partial charge in [0.05, 0.1) is 11.4 Å². The minimum atomic E-state index is 0.717. The van der Waals surface area contributed by atoms with E-state index in [4.69, 9.17) is 9.72 Å². The zero-order valence-corrected chi connectivity index (χ0v) is 12.1. The molecule has 0 bridgehead atoms. The number of anilines is 1. The van der Waals surface area contributed by atoms with Crippen LogP contribution in [0.25, 0.3) is 21.8 Å². The van der Waals surface area contributed by atoms with Crippen LogP contribution in [0.3, 0.4) is 0 Å². The molecule has 3 aromatic rings. The quantitative estimate of drug-likeness (QED) is 0.783. The highest BCUT2D eigenvalue weighted by atomic mass is 32.1. The van der Waals surface area contributed by atoms with E-state index in [9.17, 15) is 0 Å². The van der Waals surface area contributed by atoms with Gasteiger partial charge in [-0.3, -0.25) is 4.98 Å². The maximum absolute atomic E-state index is 5.60. The Bertz CT molecular complexity index is 770. The van der Waals surface area contributed by atoms with E-state index in [1.165, 1.54) is 0 Å². The predicted molar refractivity (Wildman–Crippen MR) is 84.8 cm³/mol. The van der Waals surface area contributed by atoms with Crippen molar-refractivity contribution in [1.82, 2.24) is 9.97 Å². The van der Waals surface area contributed by atoms with Gasteiger partial charge in [-0.15, -0.1) is 11.3 Å². The van der Waals surface area contributed by atoms with Gasteiger partial charge in [0.25, 0.3) is 0 Å². The van der Waals surface area contributed by atoms with Crippen molar-refractivity contribution in [3.05, 3.63) is 48.1 Å². The number of aromatic nitrogens is 2. The predicted octanol–water partition coefficient (Wildman–Crippen LogP) is 3.68. The van der Waals surface area contributed by atoms with Crippen molar-refractivity contribution < 1.29 is 4.74 Å². The van der Waals surface area contributed by atoms with Crippen LogP contribution in [0.15, 0.2) is 48.1 Å². The molecule has 0 unspecified atom stereocenters. The first-order valence-electron chi connectivity index (χ1n) is 6.77. The van der Waals surface area contributed by atoms with Crippen molar-refractivity contribution in [2.75, 3.05) is 18.5 Å². The van der Waals surface area contributed by atoms with Crippen molar-refractivity contribution in [2.45, 2.75) is 0 Å². The summed E-state index contributed by atoms with van der Waals surface area (Å²) in [7, 11) is 0. The molecule has 2 aromatic heterocycles. The highest BCUT2D eigenvalue weighted by Crippen LogP contribution is 2.34. The molecule has 3 heterocycles. The number of fused-ring (bicyclic) bond motifs is 1. The summed E-state index contributed by atoms with van der Waals surface area (Å²) in [5.41, 5.74) is 4.23. The molecule has 0 radical (unpaired) electrons. The zero-order valence-electron chi connectivity index (χ0n) is 11.2. The standard InChI is InChI=1S/C16H13N3OS/c1-2-15-13(18-7-8-20-15)9-12(1)14-10-21-16(19-14)11-3-5-17-6-4-11/h1-6,9-10,18H,7-8H2. The number of hydrogen-bond acceptors (Lipinski definition) is 5. The fraction of sp³-hybridized carbons (Fsp3) is 0.125. The van der Waals surface area contributed by atoms with E-state index in [0.717, 1.165) is 46.4 Å². The molecule has 0 amide bonds. The summed E-state index contributed by atoms with van der Waals surface area (Å²) in [6, 6.07) is 10.1. The molecule has 1 aliphatic rings. The van der Waals surface area contributed by atoms with E-state index < -0.39 is 0 Å². The number of hydrogen-bond donors (Lipinski definition) is 1.